The van der Waals surface area contributed by atoms with Crippen molar-refractivity contribution in [1.82, 2.24) is 0 Å². The van der Waals surface area contributed by atoms with E-state index in [0.29, 0.717) is 16.5 Å². The van der Waals surface area contributed by atoms with Gasteiger partial charge in [0.15, 0.2) is 0 Å². The van der Waals surface area contributed by atoms with Crippen LogP contribution in [0.3, 0.4) is 0 Å². The normalized spacial score (nSPS) is 12.5. The van der Waals surface area contributed by atoms with Crippen LogP contribution in [0.4, 0.5) is 5.00 Å². The lowest BCUT2D eigenvalue weighted by Gasteiger charge is -2.25. The van der Waals surface area contributed by atoms with E-state index in [1.807, 2.05) is 6.92 Å². The van der Waals surface area contributed by atoms with E-state index in [1.165, 1.54) is 29.4 Å². The van der Waals surface area contributed by atoms with Crippen molar-refractivity contribution in [2.45, 2.75) is 46.5 Å². The maximum Gasteiger partial charge on any atom is 0.252 e. The van der Waals surface area contributed by atoms with Crippen molar-refractivity contribution in [3.63, 3.8) is 0 Å². The zero-order valence-electron chi connectivity index (χ0n) is 15.8. The van der Waals surface area contributed by atoms with E-state index in [1.54, 1.807) is 7.11 Å². The van der Waals surface area contributed by atoms with Gasteiger partial charge in [0.2, 0.25) is 5.91 Å². The van der Waals surface area contributed by atoms with Crippen molar-refractivity contribution in [3.05, 3.63) is 33.9 Å². The average Bonchev–Trinajstić information content (AvgIpc) is 2.91. The number of nitrogens with one attached hydrogen (secondary N) is 1. The molecule has 1 aliphatic carbocycles. The van der Waals surface area contributed by atoms with Crippen LogP contribution in [0.2, 0.25) is 0 Å². The van der Waals surface area contributed by atoms with Gasteiger partial charge in [-0.25, -0.2) is 0 Å². The van der Waals surface area contributed by atoms with Gasteiger partial charge in [-0.3, -0.25) is 9.59 Å². The lowest BCUT2D eigenvalue weighted by Crippen LogP contribution is -2.18. The highest BCUT2D eigenvalue weighted by Gasteiger charge is 2.31. The number of benzene rings is 1. The van der Waals surface area contributed by atoms with E-state index in [0.717, 1.165) is 40.2 Å². The number of carbonyl (C=O) groups excluding carboxylic acids is 2. The SMILES string of the molecule is COc1cc(C(C)C)c2c(c1C)-c1sc(NC(C)=O)c(C(N)=O)c1CC2. The predicted molar refractivity (Wildman–Crippen MR) is 105 cm³/mol. The van der Waals surface area contributed by atoms with Crippen LogP contribution in [0.5, 0.6) is 5.75 Å². The van der Waals surface area contributed by atoms with E-state index < -0.39 is 5.91 Å². The van der Waals surface area contributed by atoms with Crippen molar-refractivity contribution in [3.8, 4) is 16.2 Å². The van der Waals surface area contributed by atoms with Gasteiger partial charge in [-0.15, -0.1) is 11.3 Å². The average molecular weight is 372 g/mol. The predicted octanol–water partition coefficient (Wildman–Crippen LogP) is 4.01. The number of nitrogens with two attached hydrogens (primary N) is 1. The molecule has 6 heteroatoms. The Bertz CT molecular complexity index is 913. The van der Waals surface area contributed by atoms with Crippen LogP contribution >= 0.6 is 11.3 Å². The molecule has 1 aliphatic rings. The Labute approximate surface area is 157 Å². The quantitative estimate of drug-likeness (QED) is 0.851. The molecule has 0 radical (unpaired) electrons. The molecule has 26 heavy (non-hydrogen) atoms. The molecule has 1 aromatic carbocycles. The Balaban J connectivity index is 2.34. The maximum absolute atomic E-state index is 12.1. The van der Waals surface area contributed by atoms with Gasteiger partial charge in [0.25, 0.3) is 5.91 Å². The molecular formula is C20H24N2O3S. The number of carbonyl (C=O) groups is 2. The highest BCUT2D eigenvalue weighted by Crippen LogP contribution is 2.49. The molecule has 0 spiro atoms. The summed E-state index contributed by atoms with van der Waals surface area (Å²) in [7, 11) is 1.68. The molecule has 0 saturated heterocycles. The number of thiophene rings is 1. The van der Waals surface area contributed by atoms with Gasteiger partial charge >= 0.3 is 0 Å². The van der Waals surface area contributed by atoms with Crippen molar-refractivity contribution in [2.75, 3.05) is 12.4 Å². The number of amides is 2. The molecule has 138 valence electrons. The third-order valence-electron chi connectivity index (χ3n) is 4.92. The second kappa shape index (κ2) is 6.76. The minimum absolute atomic E-state index is 0.212. The number of rotatable bonds is 4. The summed E-state index contributed by atoms with van der Waals surface area (Å²) >= 11 is 1.43. The fourth-order valence-corrected chi connectivity index (χ4v) is 5.23. The Kier molecular flexibility index (Phi) is 4.80. The van der Waals surface area contributed by atoms with Crippen molar-refractivity contribution in [1.29, 1.82) is 0 Å². The molecule has 0 aliphatic heterocycles. The smallest absolute Gasteiger partial charge is 0.252 e. The third-order valence-corrected chi connectivity index (χ3v) is 6.08. The van der Waals surface area contributed by atoms with Gasteiger partial charge in [-0.2, -0.15) is 0 Å². The molecule has 1 aromatic heterocycles. The summed E-state index contributed by atoms with van der Waals surface area (Å²) in [4.78, 5) is 24.7. The number of ether oxygens (including phenoxy) is 1. The van der Waals surface area contributed by atoms with E-state index in [9.17, 15) is 9.59 Å². The molecule has 0 unspecified atom stereocenters. The topological polar surface area (TPSA) is 81.4 Å². The lowest BCUT2D eigenvalue weighted by molar-refractivity contribution is -0.114. The van der Waals surface area contributed by atoms with Gasteiger partial charge in [-0.1, -0.05) is 13.8 Å². The van der Waals surface area contributed by atoms with Crippen molar-refractivity contribution < 1.29 is 14.3 Å². The van der Waals surface area contributed by atoms with E-state index in [2.05, 4.69) is 25.2 Å². The molecule has 1 heterocycles. The van der Waals surface area contributed by atoms with Gasteiger partial charge in [-0.05, 0) is 54.0 Å². The van der Waals surface area contributed by atoms with Gasteiger partial charge in [0.05, 0.1) is 12.7 Å². The molecule has 0 saturated carbocycles. The van der Waals surface area contributed by atoms with E-state index >= 15 is 0 Å². The third kappa shape index (κ3) is 2.88. The first-order valence-electron chi connectivity index (χ1n) is 8.70. The number of methoxy groups -OCH3 is 1. The fraction of sp³-hybridized carbons (Fsp3) is 0.400. The highest BCUT2D eigenvalue weighted by molar-refractivity contribution is 7.20. The second-order valence-electron chi connectivity index (χ2n) is 6.96. The molecular weight excluding hydrogens is 348 g/mol. The van der Waals surface area contributed by atoms with Crippen LogP contribution in [-0.2, 0) is 17.6 Å². The number of primary amides is 1. The highest BCUT2D eigenvalue weighted by atomic mass is 32.1. The number of hydrogen-bond donors (Lipinski definition) is 2. The van der Waals surface area contributed by atoms with Crippen LogP contribution in [0.1, 0.15) is 59.3 Å². The summed E-state index contributed by atoms with van der Waals surface area (Å²) in [5, 5.41) is 3.31. The van der Waals surface area contributed by atoms with Gasteiger partial charge in [0.1, 0.15) is 10.8 Å². The van der Waals surface area contributed by atoms with Gasteiger partial charge in [0, 0.05) is 17.4 Å². The standard InChI is InChI=1S/C20H24N2O3S/c1-9(2)14-8-15(25-5)10(3)16-12(14)6-7-13-17(19(21)24)20(22-11(4)23)26-18(13)16/h8-9H,6-7H2,1-5H3,(H2,21,24)(H,22,23). The minimum atomic E-state index is -0.501. The molecule has 0 bridgehead atoms. The first-order chi connectivity index (χ1) is 12.3. The van der Waals surface area contributed by atoms with Gasteiger partial charge < -0.3 is 15.8 Å². The first-order valence-corrected chi connectivity index (χ1v) is 9.51. The first kappa shape index (κ1) is 18.5. The minimum Gasteiger partial charge on any atom is -0.496 e. The van der Waals surface area contributed by atoms with Crippen molar-refractivity contribution in [2.24, 2.45) is 5.73 Å². The monoisotopic (exact) mass is 372 g/mol. The molecule has 2 amide bonds. The Hall–Kier alpha value is -2.34. The van der Waals surface area contributed by atoms with Crippen LogP contribution in [0.25, 0.3) is 10.4 Å². The lowest BCUT2D eigenvalue weighted by atomic mass is 9.81. The fourth-order valence-electron chi connectivity index (χ4n) is 3.80. The molecule has 0 fully saturated rings. The summed E-state index contributed by atoms with van der Waals surface area (Å²) in [6, 6.07) is 2.13. The molecule has 3 N–H and O–H groups in total. The zero-order chi connectivity index (χ0) is 19.2. The summed E-state index contributed by atoms with van der Waals surface area (Å²) in [5.74, 6) is 0.497. The van der Waals surface area contributed by atoms with Crippen LogP contribution in [0.15, 0.2) is 6.07 Å². The van der Waals surface area contributed by atoms with Crippen LogP contribution < -0.4 is 15.8 Å². The van der Waals surface area contributed by atoms with Crippen molar-refractivity contribution >= 4 is 28.2 Å². The Morgan fingerprint density at radius 2 is 1.92 bits per heavy atom. The summed E-state index contributed by atoms with van der Waals surface area (Å²) in [5.41, 5.74) is 11.8. The summed E-state index contributed by atoms with van der Waals surface area (Å²) in [6.07, 6.45) is 1.58. The van der Waals surface area contributed by atoms with E-state index in [4.69, 9.17) is 10.5 Å². The van der Waals surface area contributed by atoms with Crippen LogP contribution in [0, 0.1) is 6.92 Å². The Morgan fingerprint density at radius 1 is 1.27 bits per heavy atom. The van der Waals surface area contributed by atoms with Crippen LogP contribution in [-0.4, -0.2) is 18.9 Å². The molecule has 3 rings (SSSR count). The number of fused-ring (bicyclic) bond motifs is 3. The number of anilines is 1. The summed E-state index contributed by atoms with van der Waals surface area (Å²) in [6.45, 7) is 7.82. The molecule has 0 atom stereocenters. The molecule has 2 aromatic rings. The number of hydrogen-bond acceptors (Lipinski definition) is 4. The Morgan fingerprint density at radius 3 is 2.46 bits per heavy atom. The maximum atomic E-state index is 12.1. The zero-order valence-corrected chi connectivity index (χ0v) is 16.6. The molecule has 5 nitrogen and oxygen atoms in total. The van der Waals surface area contributed by atoms with E-state index in [-0.39, 0.29) is 5.91 Å². The summed E-state index contributed by atoms with van der Waals surface area (Å²) < 4.78 is 5.61. The largest absolute Gasteiger partial charge is 0.496 e. The second-order valence-corrected chi connectivity index (χ2v) is 7.98.